The van der Waals surface area contributed by atoms with E-state index in [1.54, 1.807) is 0 Å². The summed E-state index contributed by atoms with van der Waals surface area (Å²) in [5, 5.41) is 6.88. The Morgan fingerprint density at radius 3 is 2.60 bits per heavy atom. The average Bonchev–Trinajstić information content (AvgIpc) is 2.77. The largest absolute Gasteiger partial charge is 0.385 e. The molecule has 0 aliphatic carbocycles. The quantitative estimate of drug-likeness (QED) is 0.871. The molecule has 1 aromatic heterocycles. The molecule has 0 aliphatic heterocycles. The van der Waals surface area contributed by atoms with Gasteiger partial charge in [-0.2, -0.15) is 4.98 Å². The Balaban J connectivity index is 1.84. The van der Waals surface area contributed by atoms with Crippen LogP contribution in [0.25, 0.3) is 0 Å². The maximum Gasteiger partial charge on any atom is 0.228 e. The Kier molecular flexibility index (Phi) is 4.39. The lowest BCUT2D eigenvalue weighted by Crippen LogP contribution is -2.05. The first kappa shape index (κ1) is 14.5. The van der Waals surface area contributed by atoms with Gasteiger partial charge in [-0.1, -0.05) is 22.9 Å². The zero-order valence-electron chi connectivity index (χ0n) is 11.5. The van der Waals surface area contributed by atoms with Gasteiger partial charge in [-0.3, -0.25) is 0 Å². The van der Waals surface area contributed by atoms with E-state index in [0.717, 1.165) is 11.9 Å². The first-order chi connectivity index (χ1) is 9.42. The summed E-state index contributed by atoms with van der Waals surface area (Å²) in [5.41, 5.74) is 2.23. The van der Waals surface area contributed by atoms with E-state index in [-0.39, 0.29) is 11.6 Å². The molecule has 0 saturated heterocycles. The van der Waals surface area contributed by atoms with Gasteiger partial charge in [-0.15, -0.1) is 0 Å². The molecule has 0 bridgehead atoms. The Morgan fingerprint density at radius 1 is 1.25 bits per heavy atom. The normalized spacial score (nSPS) is 11.5. The van der Waals surface area contributed by atoms with Crippen molar-refractivity contribution in [1.82, 2.24) is 10.1 Å². The second-order valence-corrected chi connectivity index (χ2v) is 6.86. The molecule has 0 radical (unpaired) electrons. The average molecular weight is 295 g/mol. The number of hydrogen-bond donors (Lipinski definition) is 1. The Bertz CT molecular complexity index is 662. The number of nitrogens with one attached hydrogen (secondary N) is 1. The number of rotatable bonds is 6. The topological polar surface area (TPSA) is 85.1 Å². The molecule has 6 nitrogen and oxygen atoms in total. The van der Waals surface area contributed by atoms with Crippen LogP contribution in [0, 0.1) is 6.92 Å². The predicted octanol–water partition coefficient (Wildman–Crippen LogP) is 1.58. The van der Waals surface area contributed by atoms with Crippen LogP contribution in [0.3, 0.4) is 0 Å². The van der Waals surface area contributed by atoms with Crippen LogP contribution in [-0.4, -0.2) is 31.4 Å². The van der Waals surface area contributed by atoms with Crippen molar-refractivity contribution in [2.45, 2.75) is 19.1 Å². The maximum absolute atomic E-state index is 11.1. The van der Waals surface area contributed by atoms with Crippen molar-refractivity contribution in [3.8, 4) is 0 Å². The van der Waals surface area contributed by atoms with Gasteiger partial charge in [0, 0.05) is 24.9 Å². The first-order valence-electron chi connectivity index (χ1n) is 6.22. The summed E-state index contributed by atoms with van der Waals surface area (Å²) in [6.07, 6.45) is 1.69. The third-order valence-corrected chi connectivity index (χ3v) is 3.40. The molecule has 1 N–H and O–H groups in total. The second kappa shape index (κ2) is 6.04. The van der Waals surface area contributed by atoms with Crippen molar-refractivity contribution in [1.29, 1.82) is 0 Å². The highest BCUT2D eigenvalue weighted by atomic mass is 32.2. The van der Waals surface area contributed by atoms with Crippen LogP contribution < -0.4 is 5.32 Å². The van der Waals surface area contributed by atoms with Gasteiger partial charge in [-0.05, 0) is 19.1 Å². The number of aryl methyl sites for hydroxylation is 1. The van der Waals surface area contributed by atoms with Crippen LogP contribution in [0.4, 0.5) is 5.69 Å². The van der Waals surface area contributed by atoms with E-state index in [2.05, 4.69) is 15.5 Å². The van der Waals surface area contributed by atoms with Gasteiger partial charge in [0.1, 0.15) is 5.75 Å². The summed E-state index contributed by atoms with van der Waals surface area (Å²) >= 11 is 0. The van der Waals surface area contributed by atoms with Crippen LogP contribution >= 0.6 is 0 Å². The van der Waals surface area contributed by atoms with Crippen LogP contribution in [0.5, 0.6) is 0 Å². The van der Waals surface area contributed by atoms with Crippen LogP contribution in [-0.2, 0) is 22.0 Å². The molecule has 7 heteroatoms. The molecule has 0 saturated carbocycles. The van der Waals surface area contributed by atoms with Gasteiger partial charge in [-0.25, -0.2) is 8.42 Å². The van der Waals surface area contributed by atoms with E-state index < -0.39 is 9.84 Å². The zero-order chi connectivity index (χ0) is 14.6. The first-order valence-corrected chi connectivity index (χ1v) is 8.28. The number of sulfone groups is 1. The molecular weight excluding hydrogens is 278 g/mol. The van der Waals surface area contributed by atoms with E-state index in [9.17, 15) is 8.42 Å². The van der Waals surface area contributed by atoms with E-state index in [0.29, 0.717) is 18.9 Å². The fraction of sp³-hybridized carbons (Fsp3) is 0.385. The van der Waals surface area contributed by atoms with Crippen LogP contribution in [0.2, 0.25) is 0 Å². The zero-order valence-corrected chi connectivity index (χ0v) is 12.3. The maximum atomic E-state index is 11.1. The molecule has 0 amide bonds. The highest BCUT2D eigenvalue weighted by Gasteiger charge is 2.11. The Morgan fingerprint density at radius 2 is 1.95 bits per heavy atom. The standard InChI is InChI=1S/C13H17N3O3S/c1-10-3-5-11(6-4-10)14-8-7-13-15-12(16-19-13)9-20(2,17)18/h3-6,14H,7-9H2,1-2H3. The van der Waals surface area contributed by atoms with E-state index >= 15 is 0 Å². The molecule has 2 aromatic rings. The number of benzene rings is 1. The van der Waals surface area contributed by atoms with Gasteiger partial charge in [0.05, 0.1) is 0 Å². The molecule has 1 heterocycles. The van der Waals surface area contributed by atoms with E-state index in [1.165, 1.54) is 5.56 Å². The van der Waals surface area contributed by atoms with Gasteiger partial charge < -0.3 is 9.84 Å². The summed E-state index contributed by atoms with van der Waals surface area (Å²) < 4.78 is 27.2. The van der Waals surface area contributed by atoms with Crippen molar-refractivity contribution >= 4 is 15.5 Å². The Hall–Kier alpha value is -1.89. The van der Waals surface area contributed by atoms with Crippen molar-refractivity contribution in [3.05, 3.63) is 41.5 Å². The lowest BCUT2D eigenvalue weighted by atomic mass is 10.2. The summed E-state index contributed by atoms with van der Waals surface area (Å²) in [5.74, 6) is 0.447. The number of hydrogen-bond acceptors (Lipinski definition) is 6. The predicted molar refractivity (Wildman–Crippen MR) is 76.2 cm³/mol. The third-order valence-electron chi connectivity index (χ3n) is 2.62. The molecule has 0 aliphatic rings. The summed E-state index contributed by atoms with van der Waals surface area (Å²) in [4.78, 5) is 4.04. The molecule has 20 heavy (non-hydrogen) atoms. The fourth-order valence-electron chi connectivity index (χ4n) is 1.67. The molecular formula is C13H17N3O3S. The van der Waals surface area contributed by atoms with Crippen molar-refractivity contribution in [2.75, 3.05) is 18.1 Å². The molecule has 2 rings (SSSR count). The van der Waals surface area contributed by atoms with Crippen molar-refractivity contribution in [3.63, 3.8) is 0 Å². The summed E-state index contributed by atoms with van der Waals surface area (Å²) in [6, 6.07) is 8.05. The number of aromatic nitrogens is 2. The highest BCUT2D eigenvalue weighted by molar-refractivity contribution is 7.89. The minimum Gasteiger partial charge on any atom is -0.385 e. The third kappa shape index (κ3) is 4.65. The van der Waals surface area contributed by atoms with Crippen LogP contribution in [0.15, 0.2) is 28.8 Å². The van der Waals surface area contributed by atoms with Gasteiger partial charge in [0.2, 0.25) is 5.89 Å². The molecule has 0 fully saturated rings. The van der Waals surface area contributed by atoms with Crippen molar-refractivity contribution < 1.29 is 12.9 Å². The lowest BCUT2D eigenvalue weighted by Gasteiger charge is -2.04. The van der Waals surface area contributed by atoms with Gasteiger partial charge in [0.25, 0.3) is 0 Å². The van der Waals surface area contributed by atoms with Gasteiger partial charge in [0.15, 0.2) is 15.7 Å². The smallest absolute Gasteiger partial charge is 0.228 e. The van der Waals surface area contributed by atoms with E-state index in [1.807, 2.05) is 31.2 Å². The lowest BCUT2D eigenvalue weighted by molar-refractivity contribution is 0.376. The molecule has 0 unspecified atom stereocenters. The minimum atomic E-state index is -3.13. The minimum absolute atomic E-state index is 0.193. The summed E-state index contributed by atoms with van der Waals surface area (Å²) in [6.45, 7) is 2.68. The van der Waals surface area contributed by atoms with Crippen molar-refractivity contribution in [2.24, 2.45) is 0 Å². The molecule has 0 atom stereocenters. The Labute approximate surface area is 118 Å². The number of anilines is 1. The fourth-order valence-corrected chi connectivity index (χ4v) is 2.26. The van der Waals surface area contributed by atoms with Gasteiger partial charge >= 0.3 is 0 Å². The second-order valence-electron chi connectivity index (χ2n) is 4.72. The molecule has 0 spiro atoms. The SMILES string of the molecule is Cc1ccc(NCCc2nc(CS(C)(=O)=O)no2)cc1. The van der Waals surface area contributed by atoms with E-state index in [4.69, 9.17) is 4.52 Å². The monoisotopic (exact) mass is 295 g/mol. The number of nitrogens with zero attached hydrogens (tertiary/aromatic N) is 2. The highest BCUT2D eigenvalue weighted by Crippen LogP contribution is 2.09. The summed E-state index contributed by atoms with van der Waals surface area (Å²) in [7, 11) is -3.13. The molecule has 1 aromatic carbocycles. The van der Waals surface area contributed by atoms with Crippen LogP contribution in [0.1, 0.15) is 17.3 Å². The molecule has 108 valence electrons.